The second kappa shape index (κ2) is 10.8. The van der Waals surface area contributed by atoms with Crippen molar-refractivity contribution in [3.8, 4) is 0 Å². The van der Waals surface area contributed by atoms with Gasteiger partial charge in [0.1, 0.15) is 0 Å². The van der Waals surface area contributed by atoms with Gasteiger partial charge in [-0.3, -0.25) is 9.59 Å². The van der Waals surface area contributed by atoms with Crippen molar-refractivity contribution >= 4 is 11.9 Å². The van der Waals surface area contributed by atoms with Gasteiger partial charge in [0, 0.05) is 19.4 Å². The number of nitrogens with two attached hydrogens (primary N) is 1. The third-order valence-electron chi connectivity index (χ3n) is 2.80. The van der Waals surface area contributed by atoms with Gasteiger partial charge in [-0.1, -0.05) is 13.8 Å². The van der Waals surface area contributed by atoms with E-state index in [0.717, 1.165) is 6.42 Å². The minimum atomic E-state index is -0.212. The maximum absolute atomic E-state index is 11.7. The smallest absolute Gasteiger partial charge is 0.305 e. The highest BCUT2D eigenvalue weighted by molar-refractivity contribution is 5.76. The first-order chi connectivity index (χ1) is 8.99. The average Bonchev–Trinajstić information content (AvgIpc) is 2.33. The standard InChI is InChI=1S/C14H28N2O3/c1-4-19-14(18)6-5-7-16-13(17)9-12(10-15)8-11(2)3/h11-12H,4-10,15H2,1-3H3,(H,16,17)/t12-/m0/s1. The number of rotatable bonds is 10. The molecule has 0 spiro atoms. The van der Waals surface area contributed by atoms with Crippen molar-refractivity contribution in [1.82, 2.24) is 5.32 Å². The van der Waals surface area contributed by atoms with Crippen molar-refractivity contribution in [2.75, 3.05) is 19.7 Å². The summed E-state index contributed by atoms with van der Waals surface area (Å²) in [5, 5.41) is 2.82. The van der Waals surface area contributed by atoms with Crippen molar-refractivity contribution in [2.45, 2.75) is 46.5 Å². The molecule has 5 nitrogen and oxygen atoms in total. The first-order valence-electron chi connectivity index (χ1n) is 7.11. The number of carbonyl (C=O) groups excluding carboxylic acids is 2. The molecule has 3 N–H and O–H groups in total. The molecule has 19 heavy (non-hydrogen) atoms. The first kappa shape index (κ1) is 17.9. The lowest BCUT2D eigenvalue weighted by molar-refractivity contribution is -0.143. The van der Waals surface area contributed by atoms with Gasteiger partial charge in [0.05, 0.1) is 6.61 Å². The predicted molar refractivity (Wildman–Crippen MR) is 75.5 cm³/mol. The van der Waals surface area contributed by atoms with E-state index in [9.17, 15) is 9.59 Å². The fourth-order valence-electron chi connectivity index (χ4n) is 1.96. The van der Waals surface area contributed by atoms with Crippen LogP contribution >= 0.6 is 0 Å². The van der Waals surface area contributed by atoms with Gasteiger partial charge in [-0.2, -0.15) is 0 Å². The summed E-state index contributed by atoms with van der Waals surface area (Å²) in [7, 11) is 0. The van der Waals surface area contributed by atoms with Crippen LogP contribution in [0.4, 0.5) is 0 Å². The van der Waals surface area contributed by atoms with E-state index in [-0.39, 0.29) is 17.8 Å². The van der Waals surface area contributed by atoms with Gasteiger partial charge < -0.3 is 15.8 Å². The Labute approximate surface area is 116 Å². The topological polar surface area (TPSA) is 81.4 Å². The SMILES string of the molecule is CCOC(=O)CCCNC(=O)C[C@@H](CN)CC(C)C. The number of hydrogen-bond donors (Lipinski definition) is 2. The third-order valence-corrected chi connectivity index (χ3v) is 2.80. The Hall–Kier alpha value is -1.10. The number of ether oxygens (including phenoxy) is 1. The van der Waals surface area contributed by atoms with Gasteiger partial charge in [-0.25, -0.2) is 0 Å². The maximum Gasteiger partial charge on any atom is 0.305 e. The molecular weight excluding hydrogens is 244 g/mol. The third kappa shape index (κ3) is 10.5. The van der Waals surface area contributed by atoms with Crippen LogP contribution in [0.2, 0.25) is 0 Å². The molecule has 0 saturated heterocycles. The van der Waals surface area contributed by atoms with Crippen molar-refractivity contribution in [3.05, 3.63) is 0 Å². The lowest BCUT2D eigenvalue weighted by Crippen LogP contribution is -2.29. The van der Waals surface area contributed by atoms with Gasteiger partial charge in [-0.15, -0.1) is 0 Å². The molecule has 0 bridgehead atoms. The number of hydrogen-bond acceptors (Lipinski definition) is 4. The lowest BCUT2D eigenvalue weighted by atomic mass is 9.94. The number of amides is 1. The van der Waals surface area contributed by atoms with E-state index in [1.165, 1.54) is 0 Å². The molecule has 0 saturated carbocycles. The molecule has 0 aromatic heterocycles. The molecule has 0 unspecified atom stereocenters. The molecule has 0 radical (unpaired) electrons. The summed E-state index contributed by atoms with van der Waals surface area (Å²) >= 11 is 0. The van der Waals surface area contributed by atoms with Crippen LogP contribution in [0.3, 0.4) is 0 Å². The van der Waals surface area contributed by atoms with Crippen molar-refractivity contribution in [1.29, 1.82) is 0 Å². The largest absolute Gasteiger partial charge is 0.466 e. The zero-order valence-electron chi connectivity index (χ0n) is 12.4. The van der Waals surface area contributed by atoms with E-state index in [1.54, 1.807) is 6.92 Å². The van der Waals surface area contributed by atoms with E-state index >= 15 is 0 Å². The highest BCUT2D eigenvalue weighted by Crippen LogP contribution is 2.13. The monoisotopic (exact) mass is 272 g/mol. The molecule has 0 aromatic carbocycles. The summed E-state index contributed by atoms with van der Waals surface area (Å²) in [4.78, 5) is 22.8. The molecule has 0 heterocycles. The van der Waals surface area contributed by atoms with Crippen LogP contribution < -0.4 is 11.1 Å². The molecule has 112 valence electrons. The molecule has 5 heteroatoms. The number of esters is 1. The Morgan fingerprint density at radius 1 is 1.32 bits per heavy atom. The van der Waals surface area contributed by atoms with Gasteiger partial charge in [-0.05, 0) is 38.1 Å². The minimum Gasteiger partial charge on any atom is -0.466 e. The zero-order valence-corrected chi connectivity index (χ0v) is 12.4. The van der Waals surface area contributed by atoms with E-state index in [2.05, 4.69) is 19.2 Å². The van der Waals surface area contributed by atoms with Crippen LogP contribution in [0.25, 0.3) is 0 Å². The van der Waals surface area contributed by atoms with Crippen LogP contribution in [0.1, 0.15) is 46.5 Å². The van der Waals surface area contributed by atoms with Gasteiger partial charge >= 0.3 is 5.97 Å². The Balaban J connectivity index is 3.71. The van der Waals surface area contributed by atoms with Gasteiger partial charge in [0.2, 0.25) is 5.91 Å². The molecule has 0 fully saturated rings. The molecule has 0 aromatic rings. The second-order valence-electron chi connectivity index (χ2n) is 5.19. The second-order valence-corrected chi connectivity index (χ2v) is 5.19. The van der Waals surface area contributed by atoms with E-state index in [4.69, 9.17) is 10.5 Å². The van der Waals surface area contributed by atoms with Gasteiger partial charge in [0.25, 0.3) is 0 Å². The highest BCUT2D eigenvalue weighted by Gasteiger charge is 2.13. The fourth-order valence-corrected chi connectivity index (χ4v) is 1.96. The zero-order chi connectivity index (χ0) is 14.7. The lowest BCUT2D eigenvalue weighted by Gasteiger charge is -2.16. The molecule has 1 atom stereocenters. The Bertz CT molecular complexity index is 267. The van der Waals surface area contributed by atoms with Crippen molar-refractivity contribution in [2.24, 2.45) is 17.6 Å². The Morgan fingerprint density at radius 3 is 2.53 bits per heavy atom. The predicted octanol–water partition coefficient (Wildman–Crippen LogP) is 1.46. The maximum atomic E-state index is 11.7. The molecule has 1 amide bonds. The summed E-state index contributed by atoms with van der Waals surface area (Å²) in [6.07, 6.45) is 2.39. The molecule has 0 aliphatic rings. The van der Waals surface area contributed by atoms with Crippen LogP contribution in [-0.2, 0) is 14.3 Å². The van der Waals surface area contributed by atoms with E-state index < -0.39 is 0 Å². The first-order valence-corrected chi connectivity index (χ1v) is 7.11. The minimum absolute atomic E-state index is 0.0139. The summed E-state index contributed by atoms with van der Waals surface area (Å²) in [6, 6.07) is 0. The fraction of sp³-hybridized carbons (Fsp3) is 0.857. The number of carbonyl (C=O) groups is 2. The quantitative estimate of drug-likeness (QED) is 0.466. The highest BCUT2D eigenvalue weighted by atomic mass is 16.5. The van der Waals surface area contributed by atoms with Crippen LogP contribution in [0.15, 0.2) is 0 Å². The van der Waals surface area contributed by atoms with E-state index in [1.807, 2.05) is 0 Å². The molecule has 0 aliphatic carbocycles. The van der Waals surface area contributed by atoms with Crippen LogP contribution in [0, 0.1) is 11.8 Å². The number of nitrogens with one attached hydrogen (secondary N) is 1. The molecule has 0 aliphatic heterocycles. The van der Waals surface area contributed by atoms with Crippen LogP contribution in [-0.4, -0.2) is 31.6 Å². The average molecular weight is 272 g/mol. The normalized spacial score (nSPS) is 12.3. The van der Waals surface area contributed by atoms with Crippen LogP contribution in [0.5, 0.6) is 0 Å². The molecular formula is C14H28N2O3. The van der Waals surface area contributed by atoms with Crippen molar-refractivity contribution in [3.63, 3.8) is 0 Å². The Kier molecular flexibility index (Phi) is 10.2. The summed E-state index contributed by atoms with van der Waals surface area (Å²) in [5.74, 6) is 0.589. The molecule has 0 rings (SSSR count). The summed E-state index contributed by atoms with van der Waals surface area (Å²) in [5.41, 5.74) is 5.66. The summed E-state index contributed by atoms with van der Waals surface area (Å²) in [6.45, 7) is 7.48. The van der Waals surface area contributed by atoms with Gasteiger partial charge in [0.15, 0.2) is 0 Å². The Morgan fingerprint density at radius 2 is 2.00 bits per heavy atom. The van der Waals surface area contributed by atoms with E-state index in [0.29, 0.717) is 44.9 Å². The summed E-state index contributed by atoms with van der Waals surface area (Å²) < 4.78 is 4.81. The van der Waals surface area contributed by atoms with Crippen molar-refractivity contribution < 1.29 is 14.3 Å².